The SMILES string of the molecule is CCn1c(-c2cnccc2COC)c2c3cc(ccc31)-c1cccc(c1)C[C@H](NC(=O)[C@H](C(C)C)N(C)C(=O)C1(O)CCN(C(=O)C#CCN(C)C)C1)C(=O)N1CCC[C@@](O)(N1)C(=O)OCC(C)(C)C2. The number of cyclic esters (lactones) is 1. The molecule has 0 saturated carbocycles. The molecule has 0 spiro atoms. The second-order valence-electron chi connectivity index (χ2n) is 20.4. The van der Waals surface area contributed by atoms with Crippen molar-refractivity contribution in [2.24, 2.45) is 11.3 Å². The summed E-state index contributed by atoms with van der Waals surface area (Å²) in [6, 6.07) is 13.6. The Morgan fingerprint density at radius 3 is 2.51 bits per heavy atom. The number of aliphatic hydroxyl groups is 2. The minimum atomic E-state index is -2.26. The van der Waals surface area contributed by atoms with Crippen LogP contribution in [-0.2, 0) is 59.4 Å². The van der Waals surface area contributed by atoms with Crippen LogP contribution in [0.5, 0.6) is 0 Å². The number of carbonyl (C=O) groups is 5. The number of fused-ring (bicyclic) bond motifs is 6. The zero-order valence-corrected chi connectivity index (χ0v) is 41.9. The van der Waals surface area contributed by atoms with Crippen molar-refractivity contribution in [1.82, 2.24) is 40.0 Å². The van der Waals surface area contributed by atoms with E-state index in [1.54, 1.807) is 27.2 Å². The third-order valence-corrected chi connectivity index (χ3v) is 13.5. The van der Waals surface area contributed by atoms with Gasteiger partial charge in [-0.25, -0.2) is 4.79 Å². The van der Waals surface area contributed by atoms with Crippen molar-refractivity contribution in [1.29, 1.82) is 0 Å². The van der Waals surface area contributed by atoms with Gasteiger partial charge >= 0.3 is 5.97 Å². The zero-order valence-electron chi connectivity index (χ0n) is 41.9. The molecule has 1 unspecified atom stereocenters. The second-order valence-corrected chi connectivity index (χ2v) is 20.4. The van der Waals surface area contributed by atoms with Crippen LogP contribution in [0, 0.1) is 23.2 Å². The lowest BCUT2D eigenvalue weighted by Gasteiger charge is -2.40. The molecule has 2 aromatic carbocycles. The van der Waals surface area contributed by atoms with Crippen molar-refractivity contribution in [3.05, 3.63) is 77.6 Å². The molecule has 4 N–H and O–H groups in total. The van der Waals surface area contributed by atoms with Gasteiger partial charge in [0.25, 0.3) is 17.7 Å². The third-order valence-electron chi connectivity index (χ3n) is 13.5. The number of likely N-dealkylation sites (N-methyl/N-ethyl adjacent to an activating group) is 1. The number of carbonyl (C=O) groups excluding carboxylic acids is 5. The van der Waals surface area contributed by atoms with E-state index in [1.165, 1.54) is 16.8 Å². The molecule has 2 aromatic heterocycles. The Morgan fingerprint density at radius 2 is 1.80 bits per heavy atom. The maximum Gasteiger partial charge on any atom is 0.355 e. The summed E-state index contributed by atoms with van der Waals surface area (Å²) in [5.41, 5.74) is 5.33. The Hall–Kier alpha value is -6.16. The second kappa shape index (κ2) is 21.1. The summed E-state index contributed by atoms with van der Waals surface area (Å²) in [5, 5.41) is 28.7. The smallest absolute Gasteiger partial charge is 0.355 e. The van der Waals surface area contributed by atoms with Gasteiger partial charge in [-0.1, -0.05) is 63.9 Å². The molecule has 4 atom stereocenters. The molecule has 3 aliphatic rings. The maximum atomic E-state index is 14.8. The van der Waals surface area contributed by atoms with E-state index in [2.05, 4.69) is 57.3 Å². The highest BCUT2D eigenvalue weighted by molar-refractivity contribution is 5.98. The Labute approximate surface area is 410 Å². The first-order chi connectivity index (χ1) is 33.2. The van der Waals surface area contributed by atoms with Gasteiger partial charge < -0.3 is 39.4 Å². The van der Waals surface area contributed by atoms with E-state index < -0.39 is 64.3 Å². The van der Waals surface area contributed by atoms with Gasteiger partial charge in [0.15, 0.2) is 5.60 Å². The van der Waals surface area contributed by atoms with Crippen molar-refractivity contribution in [3.63, 3.8) is 0 Å². The van der Waals surface area contributed by atoms with Gasteiger partial charge in [0.05, 0.1) is 32.0 Å². The van der Waals surface area contributed by atoms with Crippen molar-refractivity contribution >= 4 is 40.5 Å². The van der Waals surface area contributed by atoms with Crippen molar-refractivity contribution in [3.8, 4) is 34.2 Å². The Balaban J connectivity index is 1.26. The lowest BCUT2D eigenvalue weighted by molar-refractivity contribution is -0.189. The topological polar surface area (TPSA) is 199 Å². The number of hydrazine groups is 1. The molecular formula is C53H68N8O9. The van der Waals surface area contributed by atoms with Crippen LogP contribution < -0.4 is 10.7 Å². The zero-order chi connectivity index (χ0) is 50.7. The molecule has 17 nitrogen and oxygen atoms in total. The minimum Gasteiger partial charge on any atom is -0.462 e. The molecule has 6 bridgehead atoms. The van der Waals surface area contributed by atoms with Crippen LogP contribution in [0.2, 0.25) is 0 Å². The van der Waals surface area contributed by atoms with Crippen LogP contribution in [0.25, 0.3) is 33.3 Å². The Bertz CT molecular complexity index is 2700. The number of aryl methyl sites for hydroxylation is 1. The number of amides is 4. The predicted molar refractivity (Wildman–Crippen MR) is 264 cm³/mol. The fraction of sp³-hybridized carbons (Fsp3) is 0.509. The summed E-state index contributed by atoms with van der Waals surface area (Å²) in [4.78, 5) is 79.3. The fourth-order valence-electron chi connectivity index (χ4n) is 10.0. The van der Waals surface area contributed by atoms with Crippen molar-refractivity contribution in [2.75, 3.05) is 61.0 Å². The maximum absolute atomic E-state index is 14.8. The lowest BCUT2D eigenvalue weighted by atomic mass is 9.84. The summed E-state index contributed by atoms with van der Waals surface area (Å²) in [5.74, 6) is 1.39. The van der Waals surface area contributed by atoms with Crippen LogP contribution in [0.1, 0.15) is 70.6 Å². The molecule has 374 valence electrons. The van der Waals surface area contributed by atoms with Crippen LogP contribution in [0.15, 0.2) is 60.9 Å². The largest absolute Gasteiger partial charge is 0.462 e. The number of methoxy groups -OCH3 is 1. The Morgan fingerprint density at radius 1 is 1.04 bits per heavy atom. The van der Waals surface area contributed by atoms with Gasteiger partial charge in [0.2, 0.25) is 11.6 Å². The average molecular weight is 961 g/mol. The van der Waals surface area contributed by atoms with Crippen LogP contribution >= 0.6 is 0 Å². The van der Waals surface area contributed by atoms with Crippen LogP contribution in [-0.4, -0.2) is 154 Å². The van der Waals surface area contributed by atoms with E-state index in [-0.39, 0.29) is 51.9 Å². The standard InChI is InChI=1S/C53H68N8O9/c1-10-60-43-18-17-37-28-39(43)40(46(60)41-30-54-22-19-38(41)31-69-9)29-51(4,5)33-70-50(66)53(68)20-13-24-61(56-53)48(64)42(27-35-14-11-15-36(37)26-35)55-47(63)45(34(2)3)58(8)49(65)52(67)21-25-59(32-52)44(62)16-12-23-57(6)7/h11,14-15,17-19,22,26,28,30,34,42,45,56,67-68H,10,13,20-21,23-25,27,29,31-33H2,1-9H3,(H,55,63)/t42-,45-,52?,53-/m0/s1. The molecule has 70 heavy (non-hydrogen) atoms. The molecule has 17 heteroatoms. The van der Waals surface area contributed by atoms with E-state index in [9.17, 15) is 34.2 Å². The van der Waals surface area contributed by atoms with E-state index in [0.717, 1.165) is 49.4 Å². The number of aromatic nitrogens is 2. The number of likely N-dealkylation sites (tertiary alicyclic amines) is 1. The number of ether oxygens (including phenoxy) is 2. The number of hydrogen-bond donors (Lipinski definition) is 4. The average Bonchev–Trinajstić information content (AvgIpc) is 3.87. The summed E-state index contributed by atoms with van der Waals surface area (Å²) in [6.07, 6.45) is 4.26. The van der Waals surface area contributed by atoms with E-state index in [0.29, 0.717) is 31.7 Å². The number of pyridine rings is 1. The highest BCUT2D eigenvalue weighted by Gasteiger charge is 2.49. The van der Waals surface area contributed by atoms with Gasteiger partial charge in [0.1, 0.15) is 12.1 Å². The predicted octanol–water partition coefficient (Wildman–Crippen LogP) is 3.52. The normalized spacial score (nSPS) is 22.0. The molecule has 4 amide bonds. The number of esters is 1. The first-order valence-corrected chi connectivity index (χ1v) is 24.1. The molecule has 2 fully saturated rings. The molecule has 3 aliphatic heterocycles. The molecular weight excluding hydrogens is 893 g/mol. The first kappa shape index (κ1) is 51.7. The summed E-state index contributed by atoms with van der Waals surface area (Å²) in [6.45, 7) is 10.9. The lowest BCUT2D eigenvalue weighted by Crippen LogP contribution is -2.67. The molecule has 0 aliphatic carbocycles. The number of β-amino-alcohol motifs (C(OH)–C–C–N with tert-alkyl or cyclic N) is 1. The third kappa shape index (κ3) is 10.9. The Kier molecular flexibility index (Phi) is 15.5. The number of benzene rings is 2. The van der Waals surface area contributed by atoms with Crippen LogP contribution in [0.3, 0.4) is 0 Å². The first-order valence-electron chi connectivity index (χ1n) is 24.1. The fourth-order valence-corrected chi connectivity index (χ4v) is 10.0. The van der Waals surface area contributed by atoms with E-state index >= 15 is 0 Å². The monoisotopic (exact) mass is 961 g/mol. The van der Waals surface area contributed by atoms with Crippen molar-refractivity contribution < 1.29 is 43.7 Å². The van der Waals surface area contributed by atoms with Gasteiger partial charge in [-0.05, 0) is 91.7 Å². The van der Waals surface area contributed by atoms with Gasteiger partial charge in [-0.2, -0.15) is 5.43 Å². The molecule has 4 aromatic rings. The molecule has 7 rings (SSSR count). The van der Waals surface area contributed by atoms with Gasteiger partial charge in [0, 0.05) is 87.3 Å². The highest BCUT2D eigenvalue weighted by atomic mass is 16.6. The van der Waals surface area contributed by atoms with Crippen molar-refractivity contribution in [2.45, 2.75) is 103 Å². The highest BCUT2D eigenvalue weighted by Crippen LogP contribution is 2.41. The number of rotatable bonds is 10. The quantitative estimate of drug-likeness (QED) is 0.134. The van der Waals surface area contributed by atoms with E-state index in [1.807, 2.05) is 69.4 Å². The number of nitrogens with zero attached hydrogens (tertiary/aromatic N) is 6. The molecule has 5 heterocycles. The minimum absolute atomic E-state index is 0.000855. The molecule has 2 saturated heterocycles. The van der Waals surface area contributed by atoms with Gasteiger partial charge in [-0.15, -0.1) is 0 Å². The summed E-state index contributed by atoms with van der Waals surface area (Å²) < 4.78 is 13.9. The number of nitrogens with one attached hydrogen (secondary N) is 2. The van der Waals surface area contributed by atoms with Crippen LogP contribution in [0.4, 0.5) is 0 Å². The van der Waals surface area contributed by atoms with E-state index in [4.69, 9.17) is 9.47 Å². The molecule has 0 radical (unpaired) electrons. The van der Waals surface area contributed by atoms with Gasteiger partial charge in [-0.3, -0.25) is 34.1 Å². The summed E-state index contributed by atoms with van der Waals surface area (Å²) >= 11 is 0. The summed E-state index contributed by atoms with van der Waals surface area (Å²) in [7, 11) is 6.74. The number of hydrogen-bond acceptors (Lipinski definition) is 12.